The van der Waals surface area contributed by atoms with Crippen LogP contribution in [0.15, 0.2) is 0 Å². The minimum atomic E-state index is -3.32. The zero-order valence-corrected chi connectivity index (χ0v) is 5.39. The quantitative estimate of drug-likeness (QED) is 0.440. The molecular formula is C4H7O3P. The van der Waals surface area contributed by atoms with Crippen LogP contribution in [0.25, 0.3) is 0 Å². The van der Waals surface area contributed by atoms with Crippen LogP contribution < -0.4 is 0 Å². The van der Waals surface area contributed by atoms with Gasteiger partial charge in [-0.15, -0.1) is 6.42 Å². The predicted molar refractivity (Wildman–Crippen MR) is 30.5 cm³/mol. The van der Waals surface area contributed by atoms with Gasteiger partial charge in [0, 0.05) is 6.66 Å². The van der Waals surface area contributed by atoms with E-state index in [0.717, 1.165) is 6.66 Å². The number of hydrogen-bond acceptors (Lipinski definition) is 2. The van der Waals surface area contributed by atoms with Crippen molar-refractivity contribution in [2.45, 2.75) is 0 Å². The van der Waals surface area contributed by atoms with E-state index >= 15 is 0 Å². The normalized spacial score (nSPS) is 16.6. The highest BCUT2D eigenvalue weighted by Crippen LogP contribution is 2.35. The molecule has 46 valence electrons. The van der Waals surface area contributed by atoms with Crippen LogP contribution in [0.1, 0.15) is 0 Å². The molecule has 0 radical (unpaired) electrons. The van der Waals surface area contributed by atoms with E-state index in [2.05, 4.69) is 10.4 Å². The van der Waals surface area contributed by atoms with E-state index in [1.807, 2.05) is 0 Å². The summed E-state index contributed by atoms with van der Waals surface area (Å²) < 4.78 is 14.5. The van der Waals surface area contributed by atoms with Crippen LogP contribution in [0.4, 0.5) is 0 Å². The third kappa shape index (κ3) is 5.71. The molecule has 0 spiro atoms. The molecule has 0 saturated carbocycles. The van der Waals surface area contributed by atoms with Crippen molar-refractivity contribution in [1.29, 1.82) is 0 Å². The summed E-state index contributed by atoms with van der Waals surface area (Å²) in [5, 5.41) is 0. The fraction of sp³-hybridized carbons (Fsp3) is 0.500. The fourth-order valence-electron chi connectivity index (χ4n) is 0.157. The van der Waals surface area contributed by atoms with E-state index in [1.54, 1.807) is 0 Å². The molecule has 1 N–H and O–H groups in total. The minimum absolute atomic E-state index is 0.107. The molecule has 0 heterocycles. The summed E-state index contributed by atoms with van der Waals surface area (Å²) in [4.78, 5) is 8.39. The third-order valence-electron chi connectivity index (χ3n) is 0.387. The molecular weight excluding hydrogens is 127 g/mol. The van der Waals surface area contributed by atoms with Gasteiger partial charge in [0.2, 0.25) is 0 Å². The Morgan fingerprint density at radius 1 is 2.00 bits per heavy atom. The van der Waals surface area contributed by atoms with Crippen molar-refractivity contribution < 1.29 is 14.0 Å². The standard InChI is InChI=1S/C4H7O3P/c1-3-4-7-8(2,5)6/h1H,4H2,2H3,(H,5,6). The molecule has 0 aliphatic heterocycles. The first-order valence-corrected chi connectivity index (χ1v) is 3.97. The van der Waals surface area contributed by atoms with Gasteiger partial charge in [-0.25, -0.2) is 0 Å². The van der Waals surface area contributed by atoms with Crippen LogP contribution in [0.2, 0.25) is 0 Å². The first kappa shape index (κ1) is 7.71. The summed E-state index contributed by atoms with van der Waals surface area (Å²) in [5.74, 6) is 2.07. The Bertz CT molecular complexity index is 140. The van der Waals surface area contributed by atoms with Crippen molar-refractivity contribution in [3.05, 3.63) is 0 Å². The van der Waals surface area contributed by atoms with Crippen LogP contribution >= 0.6 is 7.60 Å². The smallest absolute Gasteiger partial charge is 0.324 e. The molecule has 0 bridgehead atoms. The summed E-state index contributed by atoms with van der Waals surface area (Å²) in [6, 6.07) is 0. The molecule has 1 atom stereocenters. The summed E-state index contributed by atoms with van der Waals surface area (Å²) in [7, 11) is -3.32. The largest absolute Gasteiger partial charge is 0.326 e. The molecule has 4 heteroatoms. The van der Waals surface area contributed by atoms with Crippen LogP contribution in [0.5, 0.6) is 0 Å². The Labute approximate surface area is 48.2 Å². The third-order valence-corrected chi connectivity index (χ3v) is 0.996. The average Bonchev–Trinajstić information content (AvgIpc) is 1.59. The second kappa shape index (κ2) is 2.88. The first-order valence-electron chi connectivity index (χ1n) is 1.94. The van der Waals surface area contributed by atoms with Gasteiger partial charge < -0.3 is 4.89 Å². The highest BCUT2D eigenvalue weighted by molar-refractivity contribution is 7.51. The topological polar surface area (TPSA) is 46.5 Å². The Morgan fingerprint density at radius 2 is 2.50 bits per heavy atom. The highest BCUT2D eigenvalue weighted by atomic mass is 31.2. The van der Waals surface area contributed by atoms with Gasteiger partial charge in [-0.2, -0.15) is 0 Å². The van der Waals surface area contributed by atoms with E-state index < -0.39 is 7.60 Å². The van der Waals surface area contributed by atoms with Crippen molar-refractivity contribution in [1.82, 2.24) is 0 Å². The molecule has 0 aromatic heterocycles. The molecule has 0 rings (SSSR count). The van der Waals surface area contributed by atoms with Gasteiger partial charge in [0.1, 0.15) is 6.61 Å². The number of rotatable bonds is 2. The summed E-state index contributed by atoms with van der Waals surface area (Å²) >= 11 is 0. The lowest BCUT2D eigenvalue weighted by molar-refractivity contribution is 0.297. The Hall–Kier alpha value is -0.290. The molecule has 8 heavy (non-hydrogen) atoms. The molecule has 3 nitrogen and oxygen atoms in total. The van der Waals surface area contributed by atoms with Crippen molar-refractivity contribution in [2.24, 2.45) is 0 Å². The van der Waals surface area contributed by atoms with E-state index in [9.17, 15) is 4.57 Å². The lowest BCUT2D eigenvalue weighted by Crippen LogP contribution is -1.86. The van der Waals surface area contributed by atoms with Gasteiger partial charge in [0.15, 0.2) is 0 Å². The summed E-state index contributed by atoms with van der Waals surface area (Å²) in [5.41, 5.74) is 0. The fourth-order valence-corrected chi connectivity index (χ4v) is 0.471. The molecule has 0 aliphatic carbocycles. The van der Waals surface area contributed by atoms with Gasteiger partial charge in [-0.05, 0) is 0 Å². The Balaban J connectivity index is 3.45. The van der Waals surface area contributed by atoms with E-state index in [4.69, 9.17) is 11.3 Å². The average molecular weight is 134 g/mol. The van der Waals surface area contributed by atoms with Gasteiger partial charge in [-0.1, -0.05) is 5.92 Å². The molecule has 0 saturated heterocycles. The first-order chi connectivity index (χ1) is 3.56. The van der Waals surface area contributed by atoms with Crippen molar-refractivity contribution in [2.75, 3.05) is 13.3 Å². The molecule has 0 aliphatic rings. The van der Waals surface area contributed by atoms with E-state index in [1.165, 1.54) is 0 Å². The molecule has 1 unspecified atom stereocenters. The monoisotopic (exact) mass is 134 g/mol. The molecule has 0 aromatic carbocycles. The maximum atomic E-state index is 10.2. The van der Waals surface area contributed by atoms with Gasteiger partial charge in [-0.3, -0.25) is 9.09 Å². The number of terminal acetylenes is 1. The SMILES string of the molecule is C#CCOP(C)(=O)O. The van der Waals surface area contributed by atoms with Crippen LogP contribution in [0, 0.1) is 12.3 Å². The zero-order chi connectivity index (χ0) is 6.62. The van der Waals surface area contributed by atoms with Gasteiger partial charge in [0.25, 0.3) is 0 Å². The molecule has 0 amide bonds. The second-order valence-electron chi connectivity index (χ2n) is 1.28. The lowest BCUT2D eigenvalue weighted by Gasteiger charge is -2.00. The molecule has 0 aromatic rings. The van der Waals surface area contributed by atoms with Crippen LogP contribution in [-0.4, -0.2) is 18.2 Å². The van der Waals surface area contributed by atoms with Crippen LogP contribution in [-0.2, 0) is 9.09 Å². The van der Waals surface area contributed by atoms with E-state index in [0.29, 0.717) is 0 Å². The summed E-state index contributed by atoms with van der Waals surface area (Å²) in [6.07, 6.45) is 4.73. The second-order valence-corrected chi connectivity index (χ2v) is 3.14. The maximum absolute atomic E-state index is 10.2. The van der Waals surface area contributed by atoms with Crippen molar-refractivity contribution in [3.8, 4) is 12.3 Å². The van der Waals surface area contributed by atoms with Gasteiger partial charge in [0.05, 0.1) is 0 Å². The van der Waals surface area contributed by atoms with Crippen molar-refractivity contribution in [3.63, 3.8) is 0 Å². The molecule has 0 fully saturated rings. The number of hydrogen-bond donors (Lipinski definition) is 1. The Morgan fingerprint density at radius 3 is 2.62 bits per heavy atom. The minimum Gasteiger partial charge on any atom is -0.324 e. The van der Waals surface area contributed by atoms with Crippen LogP contribution in [0.3, 0.4) is 0 Å². The highest BCUT2D eigenvalue weighted by Gasteiger charge is 2.06. The van der Waals surface area contributed by atoms with E-state index in [-0.39, 0.29) is 6.61 Å². The van der Waals surface area contributed by atoms with Gasteiger partial charge >= 0.3 is 7.60 Å². The predicted octanol–water partition coefficient (Wildman–Crippen LogP) is 0.451. The van der Waals surface area contributed by atoms with Crippen molar-refractivity contribution >= 4 is 7.60 Å². The zero-order valence-electron chi connectivity index (χ0n) is 4.50. The summed E-state index contributed by atoms with van der Waals surface area (Å²) in [6.45, 7) is 0.981. The lowest BCUT2D eigenvalue weighted by atomic mass is 10.8. The Kier molecular flexibility index (Phi) is 2.78. The maximum Gasteiger partial charge on any atom is 0.326 e.